The highest BCUT2D eigenvalue weighted by atomic mass is 16.5. The first kappa shape index (κ1) is 13.1. The van der Waals surface area contributed by atoms with Crippen molar-refractivity contribution >= 4 is 0 Å². The zero-order chi connectivity index (χ0) is 13.1. The molecule has 2 fully saturated rings. The normalized spacial score (nSPS) is 23.2. The van der Waals surface area contributed by atoms with E-state index in [-0.39, 0.29) is 5.41 Å². The molecule has 4 heteroatoms. The lowest BCUT2D eigenvalue weighted by atomic mass is 9.66. The fraction of sp³-hybridized carbons (Fsp3) is 0.867. The maximum Gasteiger partial charge on any atom is 0.229 e. The van der Waals surface area contributed by atoms with Gasteiger partial charge in [-0.25, -0.2) is 0 Å². The fourth-order valence-electron chi connectivity index (χ4n) is 3.45. The van der Waals surface area contributed by atoms with Crippen LogP contribution >= 0.6 is 0 Å². The van der Waals surface area contributed by atoms with Crippen LogP contribution in [0, 0.1) is 0 Å². The quantitative estimate of drug-likeness (QED) is 0.815. The topological polar surface area (TPSA) is 48.2 Å². The Morgan fingerprint density at radius 1 is 1.21 bits per heavy atom. The number of aromatic nitrogens is 2. The van der Waals surface area contributed by atoms with E-state index in [4.69, 9.17) is 14.2 Å². The maximum absolute atomic E-state index is 5.56. The highest BCUT2D eigenvalue weighted by molar-refractivity contribution is 5.13. The van der Waals surface area contributed by atoms with Crippen LogP contribution in [-0.2, 0) is 10.2 Å². The molecule has 2 aliphatic rings. The predicted molar refractivity (Wildman–Crippen MR) is 72.1 cm³/mol. The molecule has 0 saturated heterocycles. The van der Waals surface area contributed by atoms with Crippen molar-refractivity contribution in [3.63, 3.8) is 0 Å². The summed E-state index contributed by atoms with van der Waals surface area (Å²) in [5.74, 6) is 2.34. The summed E-state index contributed by atoms with van der Waals surface area (Å²) < 4.78 is 10.8. The van der Waals surface area contributed by atoms with Gasteiger partial charge in [-0.05, 0) is 32.1 Å². The third-order valence-electron chi connectivity index (χ3n) is 4.97. The summed E-state index contributed by atoms with van der Waals surface area (Å²) in [5, 5.41) is 4.30. The molecule has 2 saturated carbocycles. The molecule has 0 aliphatic heterocycles. The Labute approximate surface area is 114 Å². The molecule has 1 aromatic heterocycles. The van der Waals surface area contributed by atoms with Gasteiger partial charge < -0.3 is 9.26 Å². The first-order chi connectivity index (χ1) is 9.34. The second-order valence-electron chi connectivity index (χ2n) is 6.17. The van der Waals surface area contributed by atoms with Gasteiger partial charge in [0.05, 0.1) is 0 Å². The molecule has 106 valence electrons. The molecule has 1 aromatic rings. The summed E-state index contributed by atoms with van der Waals surface area (Å²) in [5.41, 5.74) is 0.145. The molecule has 19 heavy (non-hydrogen) atoms. The molecule has 2 aliphatic carbocycles. The second kappa shape index (κ2) is 5.61. The SMILES string of the molecule is COCCC1(c2noc(C3CCCCC3)n2)CCC1. The van der Waals surface area contributed by atoms with E-state index in [0.717, 1.165) is 24.7 Å². The van der Waals surface area contributed by atoms with Gasteiger partial charge in [-0.1, -0.05) is 30.8 Å². The average Bonchev–Trinajstić information content (AvgIpc) is 2.89. The van der Waals surface area contributed by atoms with Gasteiger partial charge in [-0.3, -0.25) is 0 Å². The van der Waals surface area contributed by atoms with Crippen molar-refractivity contribution in [1.82, 2.24) is 10.1 Å². The van der Waals surface area contributed by atoms with Gasteiger partial charge in [0.15, 0.2) is 5.82 Å². The Morgan fingerprint density at radius 2 is 2.00 bits per heavy atom. The Bertz CT molecular complexity index is 406. The van der Waals surface area contributed by atoms with E-state index in [9.17, 15) is 0 Å². The summed E-state index contributed by atoms with van der Waals surface area (Å²) in [7, 11) is 1.76. The van der Waals surface area contributed by atoms with Gasteiger partial charge in [0.2, 0.25) is 5.89 Å². The van der Waals surface area contributed by atoms with Crippen LogP contribution < -0.4 is 0 Å². The van der Waals surface area contributed by atoms with E-state index in [1.165, 1.54) is 51.4 Å². The summed E-state index contributed by atoms with van der Waals surface area (Å²) in [6, 6.07) is 0. The second-order valence-corrected chi connectivity index (χ2v) is 6.17. The molecule has 0 atom stereocenters. The van der Waals surface area contributed by atoms with Crippen LogP contribution in [0.3, 0.4) is 0 Å². The Hall–Kier alpha value is -0.900. The first-order valence-electron chi connectivity index (χ1n) is 7.67. The van der Waals surface area contributed by atoms with Crippen LogP contribution in [0.1, 0.15) is 75.4 Å². The van der Waals surface area contributed by atoms with Crippen molar-refractivity contribution in [2.75, 3.05) is 13.7 Å². The van der Waals surface area contributed by atoms with Crippen LogP contribution in [-0.4, -0.2) is 23.9 Å². The van der Waals surface area contributed by atoms with Crippen LogP contribution in [0.5, 0.6) is 0 Å². The number of hydrogen-bond donors (Lipinski definition) is 0. The lowest BCUT2D eigenvalue weighted by Gasteiger charge is -2.38. The Kier molecular flexibility index (Phi) is 3.87. The van der Waals surface area contributed by atoms with E-state index in [1.807, 2.05) is 0 Å². The molecular weight excluding hydrogens is 240 g/mol. The molecule has 1 heterocycles. The Morgan fingerprint density at radius 3 is 2.63 bits per heavy atom. The number of rotatable bonds is 5. The summed E-state index contributed by atoms with van der Waals surface area (Å²) in [4.78, 5) is 4.75. The van der Waals surface area contributed by atoms with E-state index in [1.54, 1.807) is 7.11 Å². The van der Waals surface area contributed by atoms with Gasteiger partial charge >= 0.3 is 0 Å². The summed E-state index contributed by atoms with van der Waals surface area (Å²) >= 11 is 0. The van der Waals surface area contributed by atoms with Crippen molar-refractivity contribution in [3.8, 4) is 0 Å². The average molecular weight is 264 g/mol. The highest BCUT2D eigenvalue weighted by Gasteiger charge is 2.42. The van der Waals surface area contributed by atoms with Gasteiger partial charge in [-0.15, -0.1) is 0 Å². The molecular formula is C15H24N2O2. The number of nitrogens with zero attached hydrogens (tertiary/aromatic N) is 2. The molecule has 0 spiro atoms. The number of methoxy groups -OCH3 is 1. The van der Waals surface area contributed by atoms with Gasteiger partial charge in [0, 0.05) is 25.0 Å². The number of hydrogen-bond acceptors (Lipinski definition) is 4. The molecule has 0 N–H and O–H groups in total. The van der Waals surface area contributed by atoms with Crippen molar-refractivity contribution in [2.45, 2.75) is 69.1 Å². The minimum absolute atomic E-state index is 0.145. The number of ether oxygens (including phenoxy) is 1. The van der Waals surface area contributed by atoms with Crippen LogP contribution in [0.15, 0.2) is 4.52 Å². The van der Waals surface area contributed by atoms with Crippen LogP contribution in [0.4, 0.5) is 0 Å². The summed E-state index contributed by atoms with van der Waals surface area (Å²) in [6.07, 6.45) is 11.0. The van der Waals surface area contributed by atoms with Crippen molar-refractivity contribution in [1.29, 1.82) is 0 Å². The van der Waals surface area contributed by atoms with E-state index in [0.29, 0.717) is 5.92 Å². The van der Waals surface area contributed by atoms with Gasteiger partial charge in [0.25, 0.3) is 0 Å². The minimum atomic E-state index is 0.145. The molecule has 0 radical (unpaired) electrons. The van der Waals surface area contributed by atoms with Gasteiger partial charge in [0.1, 0.15) is 0 Å². The van der Waals surface area contributed by atoms with E-state index in [2.05, 4.69) is 5.16 Å². The zero-order valence-electron chi connectivity index (χ0n) is 11.9. The first-order valence-corrected chi connectivity index (χ1v) is 7.67. The lowest BCUT2D eigenvalue weighted by molar-refractivity contribution is 0.122. The third kappa shape index (κ3) is 2.55. The predicted octanol–water partition coefficient (Wildman–Crippen LogP) is 3.58. The van der Waals surface area contributed by atoms with Crippen molar-refractivity contribution in [2.24, 2.45) is 0 Å². The van der Waals surface area contributed by atoms with Crippen LogP contribution in [0.2, 0.25) is 0 Å². The largest absolute Gasteiger partial charge is 0.385 e. The smallest absolute Gasteiger partial charge is 0.229 e. The van der Waals surface area contributed by atoms with Crippen molar-refractivity contribution in [3.05, 3.63) is 11.7 Å². The monoisotopic (exact) mass is 264 g/mol. The van der Waals surface area contributed by atoms with E-state index < -0.39 is 0 Å². The fourth-order valence-corrected chi connectivity index (χ4v) is 3.45. The maximum atomic E-state index is 5.56. The molecule has 0 unspecified atom stereocenters. The van der Waals surface area contributed by atoms with E-state index >= 15 is 0 Å². The molecule has 0 amide bonds. The molecule has 0 aromatic carbocycles. The minimum Gasteiger partial charge on any atom is -0.385 e. The molecule has 4 nitrogen and oxygen atoms in total. The third-order valence-corrected chi connectivity index (χ3v) is 4.97. The van der Waals surface area contributed by atoms with Crippen LogP contribution in [0.25, 0.3) is 0 Å². The zero-order valence-corrected chi connectivity index (χ0v) is 11.9. The van der Waals surface area contributed by atoms with Gasteiger partial charge in [-0.2, -0.15) is 4.98 Å². The molecule has 0 bridgehead atoms. The van der Waals surface area contributed by atoms with Crippen molar-refractivity contribution < 1.29 is 9.26 Å². The molecule has 3 rings (SSSR count). The lowest BCUT2D eigenvalue weighted by Crippen LogP contribution is -2.36. The summed E-state index contributed by atoms with van der Waals surface area (Å²) in [6.45, 7) is 0.785. The Balaban J connectivity index is 1.72. The highest BCUT2D eigenvalue weighted by Crippen LogP contribution is 2.45. The standard InChI is InChI=1S/C15H24N2O2/c1-18-11-10-15(8-5-9-15)14-16-13(19-17-14)12-6-3-2-4-7-12/h12H,2-11H2,1H3.